The lowest BCUT2D eigenvalue weighted by atomic mass is 10.1. The van der Waals surface area contributed by atoms with Gasteiger partial charge in [0, 0.05) is 17.8 Å². The average Bonchev–Trinajstić information content (AvgIpc) is 2.45. The van der Waals surface area contributed by atoms with Crippen molar-refractivity contribution >= 4 is 17.3 Å². The van der Waals surface area contributed by atoms with E-state index in [2.05, 4.69) is 24.0 Å². The van der Waals surface area contributed by atoms with E-state index in [1.165, 1.54) is 0 Å². The third kappa shape index (κ3) is 3.07. The Kier molecular flexibility index (Phi) is 4.09. The highest BCUT2D eigenvalue weighted by molar-refractivity contribution is 6.30. The molecule has 96 valence electrons. The van der Waals surface area contributed by atoms with Gasteiger partial charge in [-0.25, -0.2) is 0 Å². The van der Waals surface area contributed by atoms with Crippen molar-refractivity contribution in [3.05, 3.63) is 64.7 Å². The minimum atomic E-state index is 0.188. The molecule has 1 unspecified atom stereocenters. The van der Waals surface area contributed by atoms with E-state index in [9.17, 15) is 0 Å². The highest BCUT2D eigenvalue weighted by Crippen LogP contribution is 2.27. The van der Waals surface area contributed by atoms with Gasteiger partial charge in [0.05, 0.1) is 17.7 Å². The average molecular weight is 271 g/mol. The van der Waals surface area contributed by atoms with Gasteiger partial charge in [-0.1, -0.05) is 29.8 Å². The summed E-state index contributed by atoms with van der Waals surface area (Å²) >= 11 is 6.03. The van der Waals surface area contributed by atoms with Crippen LogP contribution in [0.3, 0.4) is 0 Å². The molecule has 0 heterocycles. The molecular weight excluding hydrogens is 256 g/mol. The molecule has 0 aliphatic heterocycles. The van der Waals surface area contributed by atoms with E-state index < -0.39 is 0 Å². The molecule has 0 amide bonds. The van der Waals surface area contributed by atoms with Crippen LogP contribution < -0.4 is 4.90 Å². The Hall–Kier alpha value is -1.98. The molecule has 0 saturated carbocycles. The molecule has 1 atom stereocenters. The number of rotatable bonds is 3. The topological polar surface area (TPSA) is 27.0 Å². The molecule has 0 bridgehead atoms. The molecule has 0 radical (unpaired) electrons. The van der Waals surface area contributed by atoms with Crippen molar-refractivity contribution in [2.45, 2.75) is 13.0 Å². The van der Waals surface area contributed by atoms with E-state index in [4.69, 9.17) is 16.9 Å². The molecule has 0 aromatic heterocycles. The number of hydrogen-bond acceptors (Lipinski definition) is 2. The van der Waals surface area contributed by atoms with Crippen molar-refractivity contribution in [2.75, 3.05) is 11.9 Å². The zero-order chi connectivity index (χ0) is 13.8. The quantitative estimate of drug-likeness (QED) is 0.826. The first kappa shape index (κ1) is 13.5. The summed E-state index contributed by atoms with van der Waals surface area (Å²) in [5.74, 6) is 0. The van der Waals surface area contributed by atoms with Crippen LogP contribution in [0.25, 0.3) is 0 Å². The number of nitriles is 1. The van der Waals surface area contributed by atoms with Crippen molar-refractivity contribution in [3.8, 4) is 6.07 Å². The molecule has 3 heteroatoms. The molecular formula is C16H15ClN2. The lowest BCUT2D eigenvalue weighted by molar-refractivity contribution is 0.740. The van der Waals surface area contributed by atoms with Gasteiger partial charge in [-0.15, -0.1) is 0 Å². The summed E-state index contributed by atoms with van der Waals surface area (Å²) in [5.41, 5.74) is 2.84. The summed E-state index contributed by atoms with van der Waals surface area (Å²) in [6, 6.07) is 17.8. The van der Waals surface area contributed by atoms with Crippen molar-refractivity contribution in [2.24, 2.45) is 0 Å². The molecule has 0 aliphatic carbocycles. The number of benzene rings is 2. The lowest BCUT2D eigenvalue weighted by Crippen LogP contribution is -2.21. The Bertz CT molecular complexity index is 616. The zero-order valence-electron chi connectivity index (χ0n) is 11.0. The number of nitrogens with zero attached hydrogens (tertiary/aromatic N) is 2. The molecule has 0 aliphatic rings. The van der Waals surface area contributed by atoms with Gasteiger partial charge in [-0.2, -0.15) is 5.26 Å². The number of halogens is 1. The first-order valence-corrected chi connectivity index (χ1v) is 6.48. The van der Waals surface area contributed by atoms with Crippen LogP contribution in [0.2, 0.25) is 5.02 Å². The van der Waals surface area contributed by atoms with Gasteiger partial charge >= 0.3 is 0 Å². The standard InChI is InChI=1S/C16H15ClN2/c1-12(14-6-4-7-15(17)10-14)19(2)16-8-3-5-13(9-16)11-18/h3-10,12H,1-2H3. The maximum Gasteiger partial charge on any atom is 0.0992 e. The second-order valence-corrected chi connectivity index (χ2v) is 4.94. The third-order valence-corrected chi connectivity index (χ3v) is 3.53. The van der Waals surface area contributed by atoms with Gasteiger partial charge in [0.15, 0.2) is 0 Å². The smallest absolute Gasteiger partial charge is 0.0992 e. The summed E-state index contributed by atoms with van der Waals surface area (Å²) in [7, 11) is 2.02. The molecule has 0 fully saturated rings. The Balaban J connectivity index is 2.28. The van der Waals surface area contributed by atoms with Gasteiger partial charge in [0.1, 0.15) is 0 Å². The number of anilines is 1. The van der Waals surface area contributed by atoms with Gasteiger partial charge in [-0.3, -0.25) is 0 Å². The fourth-order valence-electron chi connectivity index (χ4n) is 2.01. The van der Waals surface area contributed by atoms with Crippen LogP contribution in [0.1, 0.15) is 24.1 Å². The highest BCUT2D eigenvalue weighted by atomic mass is 35.5. The maximum atomic E-state index is 8.95. The molecule has 0 saturated heterocycles. The molecule has 0 N–H and O–H groups in total. The van der Waals surface area contributed by atoms with E-state index in [0.717, 1.165) is 16.3 Å². The third-order valence-electron chi connectivity index (χ3n) is 3.29. The SMILES string of the molecule is CC(c1cccc(Cl)c1)N(C)c1cccc(C#N)c1. The largest absolute Gasteiger partial charge is 0.368 e. The Morgan fingerprint density at radius 1 is 1.16 bits per heavy atom. The van der Waals surface area contributed by atoms with E-state index >= 15 is 0 Å². The molecule has 19 heavy (non-hydrogen) atoms. The molecule has 0 spiro atoms. The minimum Gasteiger partial charge on any atom is -0.368 e. The van der Waals surface area contributed by atoms with Crippen molar-refractivity contribution in [1.29, 1.82) is 5.26 Å². The van der Waals surface area contributed by atoms with E-state index in [1.807, 2.05) is 43.4 Å². The van der Waals surface area contributed by atoms with Crippen molar-refractivity contribution in [1.82, 2.24) is 0 Å². The van der Waals surface area contributed by atoms with Crippen LogP contribution >= 0.6 is 11.6 Å². The minimum absolute atomic E-state index is 0.188. The summed E-state index contributed by atoms with van der Waals surface area (Å²) < 4.78 is 0. The second kappa shape index (κ2) is 5.77. The van der Waals surface area contributed by atoms with Gasteiger partial charge in [-0.05, 0) is 42.8 Å². The van der Waals surface area contributed by atoms with Gasteiger partial charge < -0.3 is 4.90 Å². The summed E-state index contributed by atoms with van der Waals surface area (Å²) in [6.07, 6.45) is 0. The highest BCUT2D eigenvalue weighted by Gasteiger charge is 2.12. The van der Waals surface area contributed by atoms with Crippen LogP contribution in [-0.2, 0) is 0 Å². The van der Waals surface area contributed by atoms with Crippen LogP contribution in [0, 0.1) is 11.3 Å². The van der Waals surface area contributed by atoms with Crippen molar-refractivity contribution in [3.63, 3.8) is 0 Å². The second-order valence-electron chi connectivity index (χ2n) is 4.50. The normalized spacial score (nSPS) is 11.7. The first-order chi connectivity index (χ1) is 9.11. The molecule has 2 aromatic rings. The molecule has 2 rings (SSSR count). The lowest BCUT2D eigenvalue weighted by Gasteiger charge is -2.27. The summed E-state index contributed by atoms with van der Waals surface area (Å²) in [5, 5.41) is 9.69. The molecule has 2 aromatic carbocycles. The van der Waals surface area contributed by atoms with Crippen LogP contribution in [0.4, 0.5) is 5.69 Å². The van der Waals surface area contributed by atoms with Crippen molar-refractivity contribution < 1.29 is 0 Å². The maximum absolute atomic E-state index is 8.95. The van der Waals surface area contributed by atoms with Gasteiger partial charge in [0.2, 0.25) is 0 Å². The van der Waals surface area contributed by atoms with E-state index in [-0.39, 0.29) is 6.04 Å². The Morgan fingerprint density at radius 3 is 2.58 bits per heavy atom. The van der Waals surface area contributed by atoms with Crippen LogP contribution in [0.5, 0.6) is 0 Å². The summed E-state index contributed by atoms with van der Waals surface area (Å²) in [4.78, 5) is 2.13. The van der Waals surface area contributed by atoms with Crippen LogP contribution in [-0.4, -0.2) is 7.05 Å². The van der Waals surface area contributed by atoms with E-state index in [1.54, 1.807) is 6.07 Å². The monoisotopic (exact) mass is 270 g/mol. The fourth-order valence-corrected chi connectivity index (χ4v) is 2.21. The predicted octanol–water partition coefficient (Wildman–Crippen LogP) is 4.41. The molecule has 2 nitrogen and oxygen atoms in total. The fraction of sp³-hybridized carbons (Fsp3) is 0.188. The zero-order valence-corrected chi connectivity index (χ0v) is 11.7. The Morgan fingerprint density at radius 2 is 1.89 bits per heavy atom. The van der Waals surface area contributed by atoms with E-state index in [0.29, 0.717) is 5.56 Å². The predicted molar refractivity (Wildman–Crippen MR) is 79.4 cm³/mol. The van der Waals surface area contributed by atoms with Gasteiger partial charge in [0.25, 0.3) is 0 Å². The first-order valence-electron chi connectivity index (χ1n) is 6.10. The number of hydrogen-bond donors (Lipinski definition) is 0. The Labute approximate surface area is 118 Å². The van der Waals surface area contributed by atoms with Crippen LogP contribution in [0.15, 0.2) is 48.5 Å². The summed E-state index contributed by atoms with van der Waals surface area (Å²) in [6.45, 7) is 2.12.